The smallest absolute Gasteiger partial charge is 0.257 e. The molecule has 1 fully saturated rings. The Kier molecular flexibility index (Phi) is 5.78. The van der Waals surface area contributed by atoms with Gasteiger partial charge < -0.3 is 26.4 Å². The van der Waals surface area contributed by atoms with Gasteiger partial charge >= 0.3 is 0 Å². The summed E-state index contributed by atoms with van der Waals surface area (Å²) < 4.78 is 15.5. The summed E-state index contributed by atoms with van der Waals surface area (Å²) in [5, 5.41) is 19.1. The number of anilines is 3. The Hall–Kier alpha value is -3.57. The predicted octanol–water partition coefficient (Wildman–Crippen LogP) is 0.653. The Labute approximate surface area is 177 Å². The number of halogens is 1. The van der Waals surface area contributed by atoms with E-state index in [2.05, 4.69) is 30.6 Å². The molecular weight excluding hydrogens is 403 g/mol. The van der Waals surface area contributed by atoms with Gasteiger partial charge in [0, 0.05) is 56.8 Å². The fourth-order valence-electron chi connectivity index (χ4n) is 3.59. The van der Waals surface area contributed by atoms with Crippen LogP contribution in [0.2, 0.25) is 0 Å². The van der Waals surface area contributed by atoms with Gasteiger partial charge in [-0.3, -0.25) is 9.79 Å². The number of carbonyl (C=O) groups excluding carboxylic acids is 1. The summed E-state index contributed by atoms with van der Waals surface area (Å²) in [4.78, 5) is 23.1. The number of aliphatic imine (C=N–C) groups is 1. The lowest BCUT2D eigenvalue weighted by Gasteiger charge is -2.31. The highest BCUT2D eigenvalue weighted by Crippen LogP contribution is 2.29. The maximum absolute atomic E-state index is 14.3. The van der Waals surface area contributed by atoms with Crippen LogP contribution in [0.4, 0.5) is 21.5 Å². The number of nitrogens with zero attached hydrogens (tertiary/aromatic N) is 5. The van der Waals surface area contributed by atoms with Gasteiger partial charge in [0.25, 0.3) is 5.91 Å². The topological polar surface area (TPSA) is 133 Å². The minimum absolute atomic E-state index is 0.0385. The lowest BCUT2D eigenvalue weighted by molar-refractivity contribution is 0.102. The van der Waals surface area contributed by atoms with Crippen LogP contribution in [0.3, 0.4) is 0 Å². The molecular formula is C20H23FN8O2. The van der Waals surface area contributed by atoms with E-state index in [1.807, 2.05) is 6.07 Å². The number of benzene rings is 1. The van der Waals surface area contributed by atoms with E-state index in [0.29, 0.717) is 11.3 Å². The zero-order valence-corrected chi connectivity index (χ0v) is 17.0. The molecule has 1 aliphatic heterocycles. The van der Waals surface area contributed by atoms with Crippen molar-refractivity contribution in [3.05, 3.63) is 47.2 Å². The van der Waals surface area contributed by atoms with Crippen LogP contribution in [0.25, 0.3) is 5.65 Å². The molecule has 31 heavy (non-hydrogen) atoms. The summed E-state index contributed by atoms with van der Waals surface area (Å²) in [6.07, 6.45) is 3.06. The second-order valence-corrected chi connectivity index (χ2v) is 7.07. The maximum atomic E-state index is 14.3. The van der Waals surface area contributed by atoms with Gasteiger partial charge in [0.1, 0.15) is 6.61 Å². The van der Waals surface area contributed by atoms with E-state index < -0.39 is 18.3 Å². The number of rotatable bonds is 5. The van der Waals surface area contributed by atoms with Gasteiger partial charge in [0.05, 0.1) is 23.1 Å². The number of fused-ring (bicyclic) bond motifs is 1. The SMILES string of the molecule is CN=Cc1c(N2CCNCC2)ccc(C(=O)Nc2cc(F)c3nc(CO)nn3c2)c1N. The molecule has 3 heterocycles. The number of amides is 1. The number of nitrogens with one attached hydrogen (secondary N) is 2. The number of aliphatic hydroxyl groups excluding tert-OH is 1. The quantitative estimate of drug-likeness (QED) is 0.348. The molecule has 1 amide bonds. The molecule has 1 aliphatic rings. The Morgan fingerprint density at radius 3 is 2.90 bits per heavy atom. The van der Waals surface area contributed by atoms with Crippen LogP contribution in [0.15, 0.2) is 29.4 Å². The van der Waals surface area contributed by atoms with Crippen molar-refractivity contribution < 1.29 is 14.3 Å². The third kappa shape index (κ3) is 4.05. The molecule has 0 saturated carbocycles. The highest BCUT2D eigenvalue weighted by atomic mass is 19.1. The second-order valence-electron chi connectivity index (χ2n) is 7.07. The van der Waals surface area contributed by atoms with Gasteiger partial charge in [0.2, 0.25) is 0 Å². The van der Waals surface area contributed by atoms with E-state index in [4.69, 9.17) is 10.8 Å². The summed E-state index contributed by atoms with van der Waals surface area (Å²) in [6.45, 7) is 2.95. The van der Waals surface area contributed by atoms with E-state index in [1.54, 1.807) is 19.3 Å². The molecule has 0 spiro atoms. The van der Waals surface area contributed by atoms with Crippen LogP contribution >= 0.6 is 0 Å². The maximum Gasteiger partial charge on any atom is 0.257 e. The molecule has 11 heteroatoms. The van der Waals surface area contributed by atoms with E-state index >= 15 is 0 Å². The second kappa shape index (κ2) is 8.66. The van der Waals surface area contributed by atoms with Gasteiger partial charge in [-0.2, -0.15) is 0 Å². The number of hydrogen-bond acceptors (Lipinski definition) is 8. The number of hydrogen-bond donors (Lipinski definition) is 4. The molecule has 0 atom stereocenters. The molecule has 5 N–H and O–H groups in total. The van der Waals surface area contributed by atoms with E-state index in [1.165, 1.54) is 10.7 Å². The van der Waals surface area contributed by atoms with Crippen molar-refractivity contribution >= 4 is 34.8 Å². The molecule has 3 aromatic rings. The first kappa shape index (κ1) is 20.7. The number of nitrogens with two attached hydrogens (primary N) is 1. The number of pyridine rings is 1. The Bertz CT molecular complexity index is 1150. The molecule has 1 aromatic carbocycles. The first-order chi connectivity index (χ1) is 15.0. The largest absolute Gasteiger partial charge is 0.397 e. The van der Waals surface area contributed by atoms with Crippen LogP contribution in [0, 0.1) is 5.82 Å². The summed E-state index contributed by atoms with van der Waals surface area (Å²) in [6, 6.07) is 4.65. The number of aliphatic hydroxyl groups is 1. The van der Waals surface area contributed by atoms with Gasteiger partial charge in [-0.25, -0.2) is 13.9 Å². The molecule has 10 nitrogen and oxygen atoms in total. The summed E-state index contributed by atoms with van der Waals surface area (Å²) in [5.74, 6) is -1.08. The van der Waals surface area contributed by atoms with Crippen molar-refractivity contribution in [2.75, 3.05) is 49.2 Å². The van der Waals surface area contributed by atoms with Crippen molar-refractivity contribution in [2.45, 2.75) is 6.61 Å². The zero-order valence-electron chi connectivity index (χ0n) is 17.0. The van der Waals surface area contributed by atoms with Crippen molar-refractivity contribution in [2.24, 2.45) is 4.99 Å². The fraction of sp³-hybridized carbons (Fsp3) is 0.300. The molecule has 1 saturated heterocycles. The van der Waals surface area contributed by atoms with Crippen LogP contribution in [0.5, 0.6) is 0 Å². The highest BCUT2D eigenvalue weighted by Gasteiger charge is 2.20. The first-order valence-electron chi connectivity index (χ1n) is 9.79. The van der Waals surface area contributed by atoms with E-state index in [0.717, 1.165) is 37.9 Å². The fourth-order valence-corrected chi connectivity index (χ4v) is 3.59. The molecule has 0 bridgehead atoms. The highest BCUT2D eigenvalue weighted by molar-refractivity contribution is 6.11. The van der Waals surface area contributed by atoms with Gasteiger partial charge in [-0.1, -0.05) is 0 Å². The number of piperazine rings is 1. The Morgan fingerprint density at radius 1 is 1.42 bits per heavy atom. The van der Waals surface area contributed by atoms with Crippen LogP contribution in [-0.4, -0.2) is 65.1 Å². The van der Waals surface area contributed by atoms with Crippen molar-refractivity contribution in [1.82, 2.24) is 19.9 Å². The molecule has 2 aromatic heterocycles. The normalized spacial score (nSPS) is 14.5. The van der Waals surface area contributed by atoms with E-state index in [9.17, 15) is 9.18 Å². The number of carbonyl (C=O) groups is 1. The lowest BCUT2D eigenvalue weighted by Crippen LogP contribution is -2.44. The molecule has 0 unspecified atom stereocenters. The third-order valence-electron chi connectivity index (χ3n) is 5.06. The molecule has 4 rings (SSSR count). The summed E-state index contributed by atoms with van der Waals surface area (Å²) in [7, 11) is 1.64. The van der Waals surface area contributed by atoms with Crippen LogP contribution < -0.4 is 21.3 Å². The van der Waals surface area contributed by atoms with Gasteiger partial charge in [-0.05, 0) is 12.1 Å². The molecule has 0 radical (unpaired) electrons. The Balaban J connectivity index is 1.65. The minimum Gasteiger partial charge on any atom is -0.397 e. The van der Waals surface area contributed by atoms with E-state index in [-0.39, 0.29) is 22.7 Å². The first-order valence-corrected chi connectivity index (χ1v) is 9.79. The summed E-state index contributed by atoms with van der Waals surface area (Å²) in [5.41, 5.74) is 8.62. The summed E-state index contributed by atoms with van der Waals surface area (Å²) >= 11 is 0. The average molecular weight is 426 g/mol. The van der Waals surface area contributed by atoms with Crippen LogP contribution in [-0.2, 0) is 6.61 Å². The van der Waals surface area contributed by atoms with Crippen molar-refractivity contribution in [1.29, 1.82) is 0 Å². The minimum atomic E-state index is -0.675. The molecule has 162 valence electrons. The standard InChI is InChI=1S/C20H23FN8O2/c1-23-9-14-16(28-6-4-24-5-7-28)3-2-13(18(14)22)20(31)25-12-8-15(21)19-26-17(11-30)27-29(19)10-12/h2-3,8-10,24,30H,4-7,11,22H2,1H3,(H,25,31). The lowest BCUT2D eigenvalue weighted by atomic mass is 10.0. The van der Waals surface area contributed by atoms with Crippen molar-refractivity contribution in [3.8, 4) is 0 Å². The number of aromatic nitrogens is 3. The number of nitrogen functional groups attached to an aromatic ring is 1. The third-order valence-corrected chi connectivity index (χ3v) is 5.06. The van der Waals surface area contributed by atoms with Gasteiger partial charge in [0.15, 0.2) is 17.3 Å². The van der Waals surface area contributed by atoms with Gasteiger partial charge in [-0.15, -0.1) is 5.10 Å². The zero-order chi connectivity index (χ0) is 22.0. The monoisotopic (exact) mass is 426 g/mol. The van der Waals surface area contributed by atoms with Crippen LogP contribution in [0.1, 0.15) is 21.7 Å². The average Bonchev–Trinajstić information content (AvgIpc) is 3.19. The Morgan fingerprint density at radius 2 is 2.19 bits per heavy atom. The van der Waals surface area contributed by atoms with Crippen molar-refractivity contribution in [3.63, 3.8) is 0 Å². The predicted molar refractivity (Wildman–Crippen MR) is 116 cm³/mol. The molecule has 0 aliphatic carbocycles.